The van der Waals surface area contributed by atoms with Crippen LogP contribution in [0.4, 0.5) is 5.82 Å². The predicted octanol–water partition coefficient (Wildman–Crippen LogP) is 0.102. The van der Waals surface area contributed by atoms with E-state index in [1.165, 1.54) is 0 Å². The van der Waals surface area contributed by atoms with Crippen molar-refractivity contribution in [3.63, 3.8) is 0 Å². The largest absolute Gasteiger partial charge is 0.350 e. The molecule has 0 radical (unpaired) electrons. The van der Waals surface area contributed by atoms with Crippen LogP contribution in [0.25, 0.3) is 0 Å². The van der Waals surface area contributed by atoms with Gasteiger partial charge in [-0.3, -0.25) is 5.73 Å². The molecule has 0 aromatic carbocycles. The number of rotatable bonds is 0. The van der Waals surface area contributed by atoms with Crippen LogP contribution in [0.15, 0.2) is 18.3 Å². The van der Waals surface area contributed by atoms with E-state index in [2.05, 4.69) is 0 Å². The first-order valence-electron chi connectivity index (χ1n) is 2.67. The molecule has 0 atom stereocenters. The average molecular weight is 125 g/mol. The van der Waals surface area contributed by atoms with E-state index < -0.39 is 0 Å². The van der Waals surface area contributed by atoms with Crippen LogP contribution in [0, 0.1) is 6.92 Å². The maximum Gasteiger partial charge on any atom is 0.311 e. The molecule has 0 bridgehead atoms. The van der Waals surface area contributed by atoms with Crippen molar-refractivity contribution in [3.05, 3.63) is 23.9 Å². The molecule has 48 valence electrons. The lowest BCUT2D eigenvalue weighted by Gasteiger charge is -1.91. The first-order valence-corrected chi connectivity index (χ1v) is 2.67. The first-order chi connectivity index (χ1) is 4.20. The Labute approximate surface area is 53.3 Å². The molecule has 0 unspecified atom stereocenters. The zero-order valence-electron chi connectivity index (χ0n) is 5.20. The number of nitrogens with zero attached hydrogens (tertiary/aromatic N) is 1. The molecule has 0 saturated heterocycles. The summed E-state index contributed by atoms with van der Waals surface area (Å²) < 4.78 is 0.898. The molecule has 0 spiro atoms. The van der Waals surface area contributed by atoms with Crippen LogP contribution < -0.4 is 10.5 Å². The highest BCUT2D eigenvalue weighted by Gasteiger charge is 1.98. The fraction of sp³-hybridized carbons (Fsp3) is 0.167. The van der Waals surface area contributed by atoms with E-state index in [-0.39, 0.29) is 0 Å². The number of aromatic nitrogens is 1. The first kappa shape index (κ1) is 5.88. The molecule has 0 saturated carbocycles. The molecule has 0 amide bonds. The van der Waals surface area contributed by atoms with E-state index in [0.717, 1.165) is 10.3 Å². The van der Waals surface area contributed by atoms with Gasteiger partial charge in [0.05, 0.1) is 0 Å². The van der Waals surface area contributed by atoms with Gasteiger partial charge in [0.1, 0.15) is 6.20 Å². The molecular formula is C6H9N2O+. The fourth-order valence-corrected chi connectivity index (χ4v) is 0.604. The van der Waals surface area contributed by atoms with Crippen molar-refractivity contribution in [1.82, 2.24) is 0 Å². The topological polar surface area (TPSA) is 50.1 Å². The van der Waals surface area contributed by atoms with E-state index in [1.807, 2.05) is 13.0 Å². The molecule has 1 aromatic heterocycles. The van der Waals surface area contributed by atoms with Gasteiger partial charge in [0, 0.05) is 6.07 Å². The molecule has 3 nitrogen and oxygen atoms in total. The minimum absolute atomic E-state index is 0.348. The Balaban J connectivity index is 3.17. The minimum atomic E-state index is 0.348. The fourth-order valence-electron chi connectivity index (χ4n) is 0.604. The van der Waals surface area contributed by atoms with Crippen molar-refractivity contribution in [2.45, 2.75) is 6.92 Å². The van der Waals surface area contributed by atoms with Crippen LogP contribution in [0.1, 0.15) is 5.56 Å². The molecule has 3 heteroatoms. The van der Waals surface area contributed by atoms with Gasteiger partial charge < -0.3 is 5.21 Å². The summed E-state index contributed by atoms with van der Waals surface area (Å²) in [6.45, 7) is 1.88. The summed E-state index contributed by atoms with van der Waals surface area (Å²) in [5, 5.41) is 8.89. The van der Waals surface area contributed by atoms with Crippen molar-refractivity contribution in [1.29, 1.82) is 0 Å². The number of nitrogens with two attached hydrogens (primary N) is 1. The van der Waals surface area contributed by atoms with E-state index >= 15 is 0 Å². The van der Waals surface area contributed by atoms with E-state index in [9.17, 15) is 0 Å². The van der Waals surface area contributed by atoms with Crippen molar-refractivity contribution in [2.24, 2.45) is 0 Å². The van der Waals surface area contributed by atoms with Crippen LogP contribution in [-0.2, 0) is 0 Å². The third-order valence-corrected chi connectivity index (χ3v) is 1.11. The molecule has 9 heavy (non-hydrogen) atoms. The highest BCUT2D eigenvalue weighted by molar-refractivity contribution is 5.21. The molecule has 1 aromatic rings. The number of hydrogen-bond acceptors (Lipinski definition) is 2. The van der Waals surface area contributed by atoms with Gasteiger partial charge in [-0.05, 0) is 18.6 Å². The lowest BCUT2D eigenvalue weighted by Crippen LogP contribution is -2.33. The second-order valence-corrected chi connectivity index (χ2v) is 1.98. The summed E-state index contributed by atoms with van der Waals surface area (Å²) >= 11 is 0. The van der Waals surface area contributed by atoms with Gasteiger partial charge in [-0.15, -0.1) is 0 Å². The summed E-state index contributed by atoms with van der Waals surface area (Å²) in [5.41, 5.74) is 6.28. The Morgan fingerprint density at radius 2 is 2.22 bits per heavy atom. The van der Waals surface area contributed by atoms with Crippen molar-refractivity contribution < 1.29 is 9.94 Å². The molecule has 0 fully saturated rings. The highest BCUT2D eigenvalue weighted by Crippen LogP contribution is 1.94. The summed E-state index contributed by atoms with van der Waals surface area (Å²) in [5.74, 6) is 0.348. The Morgan fingerprint density at radius 3 is 2.67 bits per heavy atom. The minimum Gasteiger partial charge on any atom is -0.350 e. The summed E-state index contributed by atoms with van der Waals surface area (Å²) in [4.78, 5) is 0. The number of nitrogen functional groups attached to an aromatic ring is 1. The van der Waals surface area contributed by atoms with Gasteiger partial charge in [0.25, 0.3) is 0 Å². The predicted molar refractivity (Wildman–Crippen MR) is 33.0 cm³/mol. The van der Waals surface area contributed by atoms with Gasteiger partial charge in [-0.25, -0.2) is 0 Å². The average Bonchev–Trinajstić information content (AvgIpc) is 1.80. The van der Waals surface area contributed by atoms with Gasteiger partial charge in [0.15, 0.2) is 0 Å². The Kier molecular flexibility index (Phi) is 1.26. The third-order valence-electron chi connectivity index (χ3n) is 1.11. The number of pyridine rings is 1. The van der Waals surface area contributed by atoms with Crippen LogP contribution in [0.5, 0.6) is 0 Å². The van der Waals surface area contributed by atoms with Gasteiger partial charge in [0.2, 0.25) is 0 Å². The van der Waals surface area contributed by atoms with Crippen molar-refractivity contribution in [3.8, 4) is 0 Å². The maximum absolute atomic E-state index is 8.89. The Morgan fingerprint density at radius 1 is 1.56 bits per heavy atom. The zero-order chi connectivity index (χ0) is 6.85. The van der Waals surface area contributed by atoms with Crippen molar-refractivity contribution in [2.75, 3.05) is 5.73 Å². The highest BCUT2D eigenvalue weighted by atomic mass is 16.5. The SMILES string of the molecule is Cc1ccc(N)[n+](O)c1. The lowest BCUT2D eigenvalue weighted by molar-refractivity contribution is -0.893. The second-order valence-electron chi connectivity index (χ2n) is 1.98. The summed E-state index contributed by atoms with van der Waals surface area (Å²) in [6.07, 6.45) is 1.55. The maximum atomic E-state index is 8.89. The number of aryl methyl sites for hydroxylation is 1. The van der Waals surface area contributed by atoms with Crippen LogP contribution in [0.2, 0.25) is 0 Å². The second kappa shape index (κ2) is 1.93. The summed E-state index contributed by atoms with van der Waals surface area (Å²) in [7, 11) is 0. The Bertz CT molecular complexity index is 222. The normalized spacial score (nSPS) is 9.44. The smallest absolute Gasteiger partial charge is 0.311 e. The Hall–Kier alpha value is -1.25. The van der Waals surface area contributed by atoms with Crippen LogP contribution in [-0.4, -0.2) is 5.21 Å². The molecule has 3 N–H and O–H groups in total. The molecule has 1 heterocycles. The van der Waals surface area contributed by atoms with Crippen molar-refractivity contribution >= 4 is 5.82 Å². The van der Waals surface area contributed by atoms with Gasteiger partial charge in [-0.1, -0.05) is 4.73 Å². The van der Waals surface area contributed by atoms with Gasteiger partial charge >= 0.3 is 5.82 Å². The molecule has 0 aliphatic heterocycles. The number of anilines is 1. The van der Waals surface area contributed by atoms with Gasteiger partial charge in [-0.2, -0.15) is 0 Å². The van der Waals surface area contributed by atoms with E-state index in [1.54, 1.807) is 12.3 Å². The molecule has 1 rings (SSSR count). The standard InChI is InChI=1S/C6H8N2O/c1-5-2-3-6(7)8(9)4-5/h2-4,7,9H,1H3/p+1. The molecule has 0 aliphatic rings. The zero-order valence-corrected chi connectivity index (χ0v) is 5.20. The summed E-state index contributed by atoms with van der Waals surface area (Å²) in [6, 6.07) is 3.48. The third kappa shape index (κ3) is 1.10. The van der Waals surface area contributed by atoms with Crippen LogP contribution >= 0.6 is 0 Å². The van der Waals surface area contributed by atoms with Crippen LogP contribution in [0.3, 0.4) is 0 Å². The monoisotopic (exact) mass is 125 g/mol. The number of hydrogen-bond donors (Lipinski definition) is 2. The molecular weight excluding hydrogens is 116 g/mol. The quantitative estimate of drug-likeness (QED) is 0.381. The lowest BCUT2D eigenvalue weighted by atomic mass is 10.3. The molecule has 0 aliphatic carbocycles. The van der Waals surface area contributed by atoms with E-state index in [4.69, 9.17) is 10.9 Å². The van der Waals surface area contributed by atoms with E-state index in [0.29, 0.717) is 5.82 Å².